The minimum Gasteiger partial charge on any atom is -0.508 e. The first-order chi connectivity index (χ1) is 11.5. The van der Waals surface area contributed by atoms with E-state index in [0.29, 0.717) is 0 Å². The van der Waals surface area contributed by atoms with Gasteiger partial charge >= 0.3 is 0 Å². The van der Waals surface area contributed by atoms with E-state index in [1.807, 2.05) is 44.2 Å². The predicted octanol–water partition coefficient (Wildman–Crippen LogP) is 2.98. The Morgan fingerprint density at radius 3 is 2.38 bits per heavy atom. The summed E-state index contributed by atoms with van der Waals surface area (Å²) in [6, 6.07) is 15.4. The zero-order valence-electron chi connectivity index (χ0n) is 13.8. The Bertz CT molecular complexity index is 701. The van der Waals surface area contributed by atoms with Crippen LogP contribution in [0.4, 0.5) is 0 Å². The summed E-state index contributed by atoms with van der Waals surface area (Å²) in [7, 11) is 0. The van der Waals surface area contributed by atoms with Gasteiger partial charge in [0.25, 0.3) is 5.91 Å². The van der Waals surface area contributed by atoms with Gasteiger partial charge in [0.2, 0.25) is 5.91 Å². The van der Waals surface area contributed by atoms with Crippen LogP contribution in [0, 0.1) is 5.92 Å². The van der Waals surface area contributed by atoms with E-state index in [9.17, 15) is 14.7 Å². The van der Waals surface area contributed by atoms with Crippen molar-refractivity contribution in [2.75, 3.05) is 0 Å². The monoisotopic (exact) mass is 326 g/mol. The average Bonchev–Trinajstić information content (AvgIpc) is 2.60. The van der Waals surface area contributed by atoms with E-state index >= 15 is 0 Å². The third-order valence-electron chi connectivity index (χ3n) is 4.06. The highest BCUT2D eigenvalue weighted by Crippen LogP contribution is 2.26. The molecule has 0 aliphatic rings. The van der Waals surface area contributed by atoms with Crippen LogP contribution in [0.2, 0.25) is 0 Å². The normalized spacial score (nSPS) is 12.9. The molecule has 24 heavy (non-hydrogen) atoms. The largest absolute Gasteiger partial charge is 0.508 e. The molecule has 0 heterocycles. The van der Waals surface area contributed by atoms with Crippen molar-refractivity contribution in [3.8, 4) is 5.75 Å². The molecule has 0 saturated carbocycles. The van der Waals surface area contributed by atoms with Crippen molar-refractivity contribution in [1.29, 1.82) is 0 Å². The molecule has 0 aliphatic heterocycles. The van der Waals surface area contributed by atoms with Gasteiger partial charge in [0.1, 0.15) is 5.75 Å². The minimum absolute atomic E-state index is 0.00394. The zero-order valence-corrected chi connectivity index (χ0v) is 13.8. The Morgan fingerprint density at radius 1 is 1.04 bits per heavy atom. The number of aromatic hydroxyl groups is 1. The lowest BCUT2D eigenvalue weighted by molar-refractivity contribution is -0.124. The molecule has 2 rings (SSSR count). The number of phenolic OH excluding ortho intramolecular Hbond substituents is 1. The Labute approximate surface area is 141 Å². The fourth-order valence-electron chi connectivity index (χ4n) is 2.55. The third-order valence-corrected chi connectivity index (χ3v) is 4.06. The van der Waals surface area contributed by atoms with E-state index in [0.717, 1.165) is 12.0 Å². The van der Waals surface area contributed by atoms with E-state index < -0.39 is 5.91 Å². The molecular weight excluding hydrogens is 304 g/mol. The summed E-state index contributed by atoms with van der Waals surface area (Å²) in [6.45, 7) is 4.04. The van der Waals surface area contributed by atoms with E-state index in [1.165, 1.54) is 12.1 Å². The molecule has 2 amide bonds. The van der Waals surface area contributed by atoms with Gasteiger partial charge in [-0.15, -0.1) is 0 Å². The molecule has 3 N–H and O–H groups in total. The van der Waals surface area contributed by atoms with Crippen LogP contribution in [0.1, 0.15) is 42.1 Å². The lowest BCUT2D eigenvalue weighted by Gasteiger charge is -2.22. The van der Waals surface area contributed by atoms with Crippen LogP contribution >= 0.6 is 0 Å². The summed E-state index contributed by atoms with van der Waals surface area (Å²) >= 11 is 0. The van der Waals surface area contributed by atoms with E-state index in [1.54, 1.807) is 12.1 Å². The van der Waals surface area contributed by atoms with Gasteiger partial charge in [-0.05, 0) is 29.7 Å². The van der Waals surface area contributed by atoms with Crippen molar-refractivity contribution in [2.45, 2.75) is 26.2 Å². The number of benzene rings is 2. The summed E-state index contributed by atoms with van der Waals surface area (Å²) in [4.78, 5) is 24.6. The first kappa shape index (κ1) is 17.5. The van der Waals surface area contributed by atoms with Crippen molar-refractivity contribution < 1.29 is 14.7 Å². The molecule has 5 nitrogen and oxygen atoms in total. The standard InChI is InChI=1S/C19H22N2O3/c1-3-13(2)17(14-8-5-4-6-9-14)19(24)21-20-18(23)15-10-7-11-16(22)12-15/h4-13,17,22H,3H2,1-2H3,(H,20,23)(H,21,24)/t13-,17+/m0/s1. The van der Waals surface area contributed by atoms with Gasteiger partial charge in [0.15, 0.2) is 0 Å². The number of hydrogen-bond acceptors (Lipinski definition) is 3. The molecule has 0 aromatic heterocycles. The van der Waals surface area contributed by atoms with Crippen LogP contribution in [0.25, 0.3) is 0 Å². The highest BCUT2D eigenvalue weighted by atomic mass is 16.3. The van der Waals surface area contributed by atoms with Crippen LogP contribution in [0.3, 0.4) is 0 Å². The van der Waals surface area contributed by atoms with Crippen molar-refractivity contribution in [2.24, 2.45) is 5.92 Å². The fraction of sp³-hybridized carbons (Fsp3) is 0.263. The maximum atomic E-state index is 12.6. The second-order valence-electron chi connectivity index (χ2n) is 5.77. The topological polar surface area (TPSA) is 78.4 Å². The predicted molar refractivity (Wildman–Crippen MR) is 92.4 cm³/mol. The molecule has 5 heteroatoms. The van der Waals surface area contributed by atoms with E-state index in [4.69, 9.17) is 0 Å². The molecule has 0 bridgehead atoms. The van der Waals surface area contributed by atoms with Crippen LogP contribution in [-0.2, 0) is 4.79 Å². The Morgan fingerprint density at radius 2 is 1.75 bits per heavy atom. The third kappa shape index (κ3) is 4.35. The lowest BCUT2D eigenvalue weighted by Crippen LogP contribution is -2.45. The highest BCUT2D eigenvalue weighted by molar-refractivity contribution is 5.96. The summed E-state index contributed by atoms with van der Waals surface area (Å²) in [5.41, 5.74) is 6.09. The second-order valence-corrected chi connectivity index (χ2v) is 5.77. The SMILES string of the molecule is CC[C@H](C)[C@@H](C(=O)NNC(=O)c1cccc(O)c1)c1ccccc1. The number of rotatable bonds is 5. The van der Waals surface area contributed by atoms with Crippen molar-refractivity contribution in [1.82, 2.24) is 10.9 Å². The Hall–Kier alpha value is -2.82. The van der Waals surface area contributed by atoms with Gasteiger partial charge in [-0.1, -0.05) is 56.7 Å². The number of carbonyl (C=O) groups excluding carboxylic acids is 2. The number of hydrogen-bond donors (Lipinski definition) is 3. The lowest BCUT2D eigenvalue weighted by atomic mass is 9.85. The smallest absolute Gasteiger partial charge is 0.269 e. The van der Waals surface area contributed by atoms with E-state index in [-0.39, 0.29) is 29.1 Å². The van der Waals surface area contributed by atoms with Gasteiger partial charge in [-0.3, -0.25) is 20.4 Å². The number of carbonyl (C=O) groups is 2. The van der Waals surface area contributed by atoms with Crippen LogP contribution in [0.15, 0.2) is 54.6 Å². The molecule has 0 radical (unpaired) electrons. The van der Waals surface area contributed by atoms with Crippen molar-refractivity contribution >= 4 is 11.8 Å². The Balaban J connectivity index is 2.07. The van der Waals surface area contributed by atoms with Gasteiger partial charge in [-0.2, -0.15) is 0 Å². The minimum atomic E-state index is -0.477. The molecule has 2 atom stereocenters. The zero-order chi connectivity index (χ0) is 17.5. The van der Waals surface area contributed by atoms with Crippen molar-refractivity contribution in [3.05, 3.63) is 65.7 Å². The molecule has 0 aliphatic carbocycles. The van der Waals surface area contributed by atoms with Gasteiger partial charge in [0, 0.05) is 5.56 Å². The van der Waals surface area contributed by atoms with Gasteiger partial charge in [0.05, 0.1) is 5.92 Å². The number of phenols is 1. The molecule has 2 aromatic rings. The highest BCUT2D eigenvalue weighted by Gasteiger charge is 2.26. The number of amides is 2. The average molecular weight is 326 g/mol. The molecule has 2 aromatic carbocycles. The quantitative estimate of drug-likeness (QED) is 0.739. The molecule has 0 unspecified atom stereocenters. The van der Waals surface area contributed by atoms with Crippen molar-refractivity contribution in [3.63, 3.8) is 0 Å². The summed E-state index contributed by atoms with van der Waals surface area (Å²) in [5, 5.41) is 9.41. The maximum Gasteiger partial charge on any atom is 0.269 e. The summed E-state index contributed by atoms with van der Waals surface area (Å²) in [6.07, 6.45) is 0.841. The molecule has 0 fully saturated rings. The molecule has 0 saturated heterocycles. The molecule has 126 valence electrons. The Kier molecular flexibility index (Phi) is 5.95. The number of nitrogens with one attached hydrogen (secondary N) is 2. The summed E-state index contributed by atoms with van der Waals surface area (Å²) < 4.78 is 0. The fourth-order valence-corrected chi connectivity index (χ4v) is 2.55. The second kappa shape index (κ2) is 8.15. The molecule has 0 spiro atoms. The van der Waals surface area contributed by atoms with Crippen LogP contribution in [-0.4, -0.2) is 16.9 Å². The van der Waals surface area contributed by atoms with E-state index in [2.05, 4.69) is 10.9 Å². The number of hydrazine groups is 1. The first-order valence-electron chi connectivity index (χ1n) is 7.97. The first-order valence-corrected chi connectivity index (χ1v) is 7.97. The molecular formula is C19H22N2O3. The van der Waals surface area contributed by atoms with Gasteiger partial charge in [-0.25, -0.2) is 0 Å². The van der Waals surface area contributed by atoms with Gasteiger partial charge < -0.3 is 5.11 Å². The van der Waals surface area contributed by atoms with Crippen LogP contribution < -0.4 is 10.9 Å². The summed E-state index contributed by atoms with van der Waals surface area (Å²) in [5.74, 6) is -0.958. The van der Waals surface area contributed by atoms with Crippen LogP contribution in [0.5, 0.6) is 5.75 Å². The maximum absolute atomic E-state index is 12.6.